The minimum absolute atomic E-state index is 0.558. The van der Waals surface area contributed by atoms with Crippen LogP contribution < -0.4 is 10.2 Å². The number of nitrogens with zero attached hydrogens (tertiary/aromatic N) is 2. The standard InChI is InChI=1S/C12H14BrN3.C4H4O4/c1-2-8-3-10(5-15-12(8)13)16-7-9-4-14-6-11(9)16;5-3(6)1-2-4(7)8/h2-3,5,9,11,14H,1,4,6-7H2;1-2H,(H,5,6)(H,7,8)/t9-,11-;/m0./s1. The van der Waals surface area contributed by atoms with Crippen molar-refractivity contribution in [2.45, 2.75) is 6.04 Å². The fourth-order valence-electron chi connectivity index (χ4n) is 2.71. The number of nitrogens with one attached hydrogen (secondary N) is 1. The molecule has 0 spiro atoms. The van der Waals surface area contributed by atoms with Gasteiger partial charge in [-0.25, -0.2) is 14.6 Å². The van der Waals surface area contributed by atoms with Gasteiger partial charge in [-0.3, -0.25) is 0 Å². The van der Waals surface area contributed by atoms with Gasteiger partial charge in [0.25, 0.3) is 0 Å². The molecule has 8 heteroatoms. The molecule has 0 unspecified atom stereocenters. The van der Waals surface area contributed by atoms with Gasteiger partial charge in [-0.2, -0.15) is 0 Å². The smallest absolute Gasteiger partial charge is 0.328 e. The zero-order valence-electron chi connectivity index (χ0n) is 12.9. The molecular weight excluding hydrogens is 378 g/mol. The van der Waals surface area contributed by atoms with Gasteiger partial charge < -0.3 is 20.4 Å². The number of pyridine rings is 1. The Hall–Kier alpha value is -2.19. The van der Waals surface area contributed by atoms with E-state index in [0.29, 0.717) is 18.2 Å². The molecule has 0 aliphatic carbocycles. The Morgan fingerprint density at radius 1 is 1.33 bits per heavy atom. The number of aliphatic carboxylic acids is 2. The molecule has 0 saturated carbocycles. The van der Waals surface area contributed by atoms with Crippen LogP contribution in [0.2, 0.25) is 0 Å². The first-order chi connectivity index (χ1) is 11.4. The third-order valence-corrected chi connectivity index (χ3v) is 4.57. The fourth-order valence-corrected chi connectivity index (χ4v) is 3.09. The highest BCUT2D eigenvalue weighted by Gasteiger charge is 2.42. The maximum atomic E-state index is 9.55. The van der Waals surface area contributed by atoms with E-state index in [1.807, 2.05) is 12.3 Å². The summed E-state index contributed by atoms with van der Waals surface area (Å²) in [4.78, 5) is 25.9. The summed E-state index contributed by atoms with van der Waals surface area (Å²) in [6.07, 6.45) is 4.89. The molecule has 128 valence electrons. The maximum absolute atomic E-state index is 9.55. The van der Waals surface area contributed by atoms with Crippen molar-refractivity contribution in [3.63, 3.8) is 0 Å². The second-order valence-corrected chi connectivity index (χ2v) is 6.18. The van der Waals surface area contributed by atoms with Crippen LogP contribution in [-0.4, -0.2) is 52.8 Å². The van der Waals surface area contributed by atoms with Crippen LogP contribution in [0.4, 0.5) is 5.69 Å². The van der Waals surface area contributed by atoms with Crippen LogP contribution in [0.25, 0.3) is 6.08 Å². The predicted octanol–water partition coefficient (Wildman–Crippen LogP) is 1.61. The number of carboxylic acids is 2. The lowest BCUT2D eigenvalue weighted by Crippen LogP contribution is -2.55. The van der Waals surface area contributed by atoms with E-state index in [1.165, 1.54) is 12.2 Å². The predicted molar refractivity (Wildman–Crippen MR) is 93.9 cm³/mol. The average Bonchev–Trinajstić information content (AvgIpc) is 2.88. The van der Waals surface area contributed by atoms with E-state index in [0.717, 1.165) is 29.2 Å². The number of hydrogen-bond acceptors (Lipinski definition) is 5. The van der Waals surface area contributed by atoms with Crippen molar-refractivity contribution >= 4 is 39.6 Å². The highest BCUT2D eigenvalue weighted by molar-refractivity contribution is 9.10. The molecule has 0 radical (unpaired) electrons. The number of halogens is 1. The normalized spacial score (nSPS) is 21.5. The van der Waals surface area contributed by atoms with E-state index >= 15 is 0 Å². The minimum Gasteiger partial charge on any atom is -0.478 e. The van der Waals surface area contributed by atoms with Crippen LogP contribution in [0.3, 0.4) is 0 Å². The third-order valence-electron chi connectivity index (χ3n) is 3.91. The molecule has 2 fully saturated rings. The van der Waals surface area contributed by atoms with E-state index in [4.69, 9.17) is 10.2 Å². The van der Waals surface area contributed by atoms with Gasteiger partial charge in [0, 0.05) is 49.3 Å². The molecule has 7 nitrogen and oxygen atoms in total. The maximum Gasteiger partial charge on any atom is 0.328 e. The molecule has 2 aliphatic heterocycles. The molecule has 3 heterocycles. The summed E-state index contributed by atoms with van der Waals surface area (Å²) in [6, 6.07) is 2.82. The summed E-state index contributed by atoms with van der Waals surface area (Å²) in [5.74, 6) is -1.68. The zero-order chi connectivity index (χ0) is 17.7. The number of carbonyl (C=O) groups is 2. The number of hydrogen-bond donors (Lipinski definition) is 3. The first-order valence-electron chi connectivity index (χ1n) is 7.31. The molecule has 0 aromatic carbocycles. The molecule has 2 saturated heterocycles. The number of aromatic nitrogens is 1. The van der Waals surface area contributed by atoms with Crippen molar-refractivity contribution in [2.24, 2.45) is 5.92 Å². The summed E-state index contributed by atoms with van der Waals surface area (Å²) in [7, 11) is 0. The average molecular weight is 396 g/mol. The van der Waals surface area contributed by atoms with E-state index in [1.54, 1.807) is 0 Å². The van der Waals surface area contributed by atoms with E-state index in [2.05, 4.69) is 43.8 Å². The molecule has 24 heavy (non-hydrogen) atoms. The van der Waals surface area contributed by atoms with Crippen LogP contribution >= 0.6 is 15.9 Å². The van der Waals surface area contributed by atoms with Gasteiger partial charge >= 0.3 is 11.9 Å². The molecule has 0 bridgehead atoms. The van der Waals surface area contributed by atoms with Gasteiger partial charge in [-0.15, -0.1) is 0 Å². The van der Waals surface area contributed by atoms with E-state index in [9.17, 15) is 9.59 Å². The Bertz CT molecular complexity index is 661. The number of fused-ring (bicyclic) bond motifs is 1. The van der Waals surface area contributed by atoms with Crippen molar-refractivity contribution in [3.05, 3.63) is 41.2 Å². The Morgan fingerprint density at radius 3 is 2.54 bits per heavy atom. The third kappa shape index (κ3) is 4.42. The highest BCUT2D eigenvalue weighted by Crippen LogP contribution is 2.34. The molecule has 1 aromatic rings. The van der Waals surface area contributed by atoms with Crippen molar-refractivity contribution in [2.75, 3.05) is 24.5 Å². The van der Waals surface area contributed by atoms with E-state index < -0.39 is 11.9 Å². The number of carboxylic acid groups (broad SMARTS) is 2. The quantitative estimate of drug-likeness (QED) is 0.525. The lowest BCUT2D eigenvalue weighted by atomic mass is 9.91. The minimum atomic E-state index is -1.26. The summed E-state index contributed by atoms with van der Waals surface area (Å²) in [5, 5.41) is 19.1. The summed E-state index contributed by atoms with van der Waals surface area (Å²) in [5.41, 5.74) is 2.27. The second kappa shape index (κ2) is 8.07. The molecule has 3 rings (SSSR count). The summed E-state index contributed by atoms with van der Waals surface area (Å²) < 4.78 is 0.868. The van der Waals surface area contributed by atoms with Crippen molar-refractivity contribution in [3.8, 4) is 0 Å². The molecule has 2 aliphatic rings. The fraction of sp³-hybridized carbons (Fsp3) is 0.312. The Labute approximate surface area is 147 Å². The van der Waals surface area contributed by atoms with Crippen LogP contribution in [0.1, 0.15) is 5.56 Å². The summed E-state index contributed by atoms with van der Waals surface area (Å²) >= 11 is 3.42. The van der Waals surface area contributed by atoms with Crippen LogP contribution in [0.15, 0.2) is 35.6 Å². The van der Waals surface area contributed by atoms with E-state index in [-0.39, 0.29) is 0 Å². The monoisotopic (exact) mass is 395 g/mol. The lowest BCUT2D eigenvalue weighted by Gasteiger charge is -2.45. The van der Waals surface area contributed by atoms with Gasteiger partial charge in [0.1, 0.15) is 4.60 Å². The Morgan fingerprint density at radius 2 is 2.00 bits per heavy atom. The number of anilines is 1. The van der Waals surface area contributed by atoms with Crippen molar-refractivity contribution < 1.29 is 19.8 Å². The van der Waals surface area contributed by atoms with Gasteiger partial charge in [0.05, 0.1) is 11.9 Å². The van der Waals surface area contributed by atoms with Crippen molar-refractivity contribution in [1.29, 1.82) is 0 Å². The molecular formula is C16H18BrN3O4. The van der Waals surface area contributed by atoms with Gasteiger partial charge in [-0.05, 0) is 22.0 Å². The number of rotatable bonds is 4. The topological polar surface area (TPSA) is 103 Å². The van der Waals surface area contributed by atoms with Crippen LogP contribution in [0.5, 0.6) is 0 Å². The SMILES string of the molecule is C=Cc1cc(N2C[C@@H]3CNC[C@@H]32)cnc1Br.O=C(O)C=CC(=O)O. The summed E-state index contributed by atoms with van der Waals surface area (Å²) in [6.45, 7) is 7.22. The molecule has 2 atom stereocenters. The molecule has 1 aromatic heterocycles. The van der Waals surface area contributed by atoms with Crippen molar-refractivity contribution in [1.82, 2.24) is 10.3 Å². The first-order valence-corrected chi connectivity index (χ1v) is 8.11. The second-order valence-electron chi connectivity index (χ2n) is 5.43. The highest BCUT2D eigenvalue weighted by atomic mass is 79.9. The Kier molecular flexibility index (Phi) is 6.10. The van der Waals surface area contributed by atoms with Gasteiger partial charge in [0.2, 0.25) is 0 Å². The van der Waals surface area contributed by atoms with Gasteiger partial charge in [-0.1, -0.05) is 12.7 Å². The largest absolute Gasteiger partial charge is 0.478 e. The molecule has 3 N–H and O–H groups in total. The van der Waals surface area contributed by atoms with Crippen LogP contribution in [-0.2, 0) is 9.59 Å². The first kappa shape index (κ1) is 18.2. The van der Waals surface area contributed by atoms with Crippen LogP contribution in [0, 0.1) is 5.92 Å². The molecule has 0 amide bonds. The lowest BCUT2D eigenvalue weighted by molar-refractivity contribution is -0.134. The Balaban J connectivity index is 0.000000224. The zero-order valence-corrected chi connectivity index (χ0v) is 14.4. The van der Waals surface area contributed by atoms with Gasteiger partial charge in [0.15, 0.2) is 0 Å².